The number of rotatable bonds is 6. The number of amides is 3. The summed E-state index contributed by atoms with van der Waals surface area (Å²) in [4.78, 5) is 40.4. The van der Waals surface area contributed by atoms with E-state index in [1.807, 2.05) is 47.4 Å². The van der Waals surface area contributed by atoms with Gasteiger partial charge in [-0.05, 0) is 36.8 Å². The van der Waals surface area contributed by atoms with E-state index < -0.39 is 11.8 Å². The summed E-state index contributed by atoms with van der Waals surface area (Å²) in [7, 11) is 0. The van der Waals surface area contributed by atoms with Gasteiger partial charge in [-0.15, -0.1) is 5.10 Å². The summed E-state index contributed by atoms with van der Waals surface area (Å²) in [5, 5.41) is 12.7. The number of anilines is 3. The van der Waals surface area contributed by atoms with Gasteiger partial charge in [-0.3, -0.25) is 19.7 Å². The van der Waals surface area contributed by atoms with E-state index in [0.717, 1.165) is 24.3 Å². The normalized spacial score (nSPS) is 14.4. The Hall–Kier alpha value is -4.21. The third-order valence-electron chi connectivity index (χ3n) is 5.76. The summed E-state index contributed by atoms with van der Waals surface area (Å²) in [5.41, 5.74) is 2.43. The van der Waals surface area contributed by atoms with E-state index in [1.165, 1.54) is 0 Å². The lowest BCUT2D eigenvalue weighted by atomic mass is 10.0. The molecule has 0 radical (unpaired) electrons. The second kappa shape index (κ2) is 10.2. The molecule has 0 aliphatic carbocycles. The van der Waals surface area contributed by atoms with E-state index in [9.17, 15) is 14.4 Å². The average Bonchev–Trinajstić information content (AvgIpc) is 3.33. The van der Waals surface area contributed by atoms with Crippen LogP contribution < -0.4 is 15.5 Å². The Kier molecular flexibility index (Phi) is 6.86. The molecule has 0 bridgehead atoms. The molecule has 4 rings (SSSR count). The molecule has 2 N–H and O–H groups in total. The van der Waals surface area contributed by atoms with Crippen LogP contribution in [0.4, 0.5) is 17.4 Å². The minimum atomic E-state index is -0.577. The Labute approximate surface area is 196 Å². The minimum absolute atomic E-state index is 0.0900. The first kappa shape index (κ1) is 23.0. The summed E-state index contributed by atoms with van der Waals surface area (Å²) in [6.45, 7) is 6.23. The highest BCUT2D eigenvalue weighted by molar-refractivity contribution is 6.01. The molecule has 0 spiro atoms. The fraction of sp³-hybridized carbons (Fsp3) is 0.292. The van der Waals surface area contributed by atoms with Crippen LogP contribution >= 0.6 is 0 Å². The molecule has 1 fully saturated rings. The molecule has 1 aromatic heterocycles. The zero-order chi connectivity index (χ0) is 24.1. The predicted octanol–water partition coefficient (Wildman–Crippen LogP) is 2.73. The van der Waals surface area contributed by atoms with E-state index in [4.69, 9.17) is 4.42 Å². The molecular weight excluding hydrogens is 436 g/mol. The molecule has 3 aromatic rings. The number of piperazine rings is 1. The Morgan fingerprint density at radius 3 is 2.24 bits per heavy atom. The fourth-order valence-corrected chi connectivity index (χ4v) is 3.69. The van der Waals surface area contributed by atoms with Crippen LogP contribution in [0, 0.1) is 0 Å². The van der Waals surface area contributed by atoms with Gasteiger partial charge in [0.25, 0.3) is 0 Å². The second-order valence-corrected chi connectivity index (χ2v) is 8.03. The number of carbonyl (C=O) groups excluding carboxylic acids is 3. The molecule has 34 heavy (non-hydrogen) atoms. The highest BCUT2D eigenvalue weighted by Crippen LogP contribution is 2.21. The molecule has 0 unspecified atom stereocenters. The van der Waals surface area contributed by atoms with Crippen LogP contribution in [0.25, 0.3) is 0 Å². The molecule has 1 atom stereocenters. The number of carbonyl (C=O) groups is 3. The lowest BCUT2D eigenvalue weighted by molar-refractivity contribution is -0.129. The largest absolute Gasteiger partial charge is 0.399 e. The molecule has 1 aliphatic heterocycles. The lowest BCUT2D eigenvalue weighted by Crippen LogP contribution is -2.48. The molecule has 1 aliphatic rings. The number of nitrogens with one attached hydrogen (secondary N) is 2. The van der Waals surface area contributed by atoms with Gasteiger partial charge in [0.1, 0.15) is 0 Å². The Balaban J connectivity index is 1.31. The van der Waals surface area contributed by atoms with E-state index in [0.29, 0.717) is 18.8 Å². The smallest absolute Gasteiger partial charge is 0.322 e. The van der Waals surface area contributed by atoms with Crippen molar-refractivity contribution in [2.45, 2.75) is 19.8 Å². The summed E-state index contributed by atoms with van der Waals surface area (Å²) >= 11 is 0. The zero-order valence-electron chi connectivity index (χ0n) is 19.0. The van der Waals surface area contributed by atoms with Crippen LogP contribution in [-0.2, 0) is 9.59 Å². The summed E-state index contributed by atoms with van der Waals surface area (Å²) in [6.07, 6.45) is 0. The van der Waals surface area contributed by atoms with Crippen LogP contribution in [0.5, 0.6) is 0 Å². The third-order valence-corrected chi connectivity index (χ3v) is 5.76. The predicted molar refractivity (Wildman–Crippen MR) is 127 cm³/mol. The van der Waals surface area contributed by atoms with Gasteiger partial charge in [0, 0.05) is 44.5 Å². The minimum Gasteiger partial charge on any atom is -0.399 e. The molecular formula is C24H26N6O4. The van der Waals surface area contributed by atoms with Crippen molar-refractivity contribution in [2.24, 2.45) is 0 Å². The maximum atomic E-state index is 12.5. The first-order valence-electron chi connectivity index (χ1n) is 11.0. The summed E-state index contributed by atoms with van der Waals surface area (Å²) in [5.74, 6) is -1.48. The number of benzene rings is 2. The molecule has 3 amide bonds. The van der Waals surface area contributed by atoms with Gasteiger partial charge < -0.3 is 19.5 Å². The first-order valence-corrected chi connectivity index (χ1v) is 11.0. The van der Waals surface area contributed by atoms with Crippen LogP contribution in [-0.4, -0.2) is 59.0 Å². The van der Waals surface area contributed by atoms with Crippen molar-refractivity contribution in [3.63, 3.8) is 0 Å². The van der Waals surface area contributed by atoms with E-state index >= 15 is 0 Å². The highest BCUT2D eigenvalue weighted by Gasteiger charge is 2.21. The zero-order valence-corrected chi connectivity index (χ0v) is 19.0. The van der Waals surface area contributed by atoms with Gasteiger partial charge in [-0.2, -0.15) is 0 Å². The van der Waals surface area contributed by atoms with Crippen molar-refractivity contribution in [3.05, 3.63) is 66.1 Å². The first-order chi connectivity index (χ1) is 16.4. The number of hydrogen-bond donors (Lipinski definition) is 2. The Morgan fingerprint density at radius 2 is 1.59 bits per heavy atom. The molecule has 2 aromatic carbocycles. The Bertz CT molecular complexity index is 1150. The van der Waals surface area contributed by atoms with E-state index in [1.54, 1.807) is 26.0 Å². The summed E-state index contributed by atoms with van der Waals surface area (Å²) in [6, 6.07) is 16.5. The Morgan fingerprint density at radius 1 is 0.912 bits per heavy atom. The van der Waals surface area contributed by atoms with Gasteiger partial charge in [0.05, 0.1) is 5.92 Å². The van der Waals surface area contributed by atoms with Gasteiger partial charge in [-0.1, -0.05) is 35.4 Å². The molecule has 10 heteroatoms. The van der Waals surface area contributed by atoms with Crippen LogP contribution in [0.15, 0.2) is 59.0 Å². The van der Waals surface area contributed by atoms with Gasteiger partial charge in [0.15, 0.2) is 0 Å². The van der Waals surface area contributed by atoms with Crippen molar-refractivity contribution in [1.29, 1.82) is 0 Å². The van der Waals surface area contributed by atoms with Crippen molar-refractivity contribution in [3.8, 4) is 0 Å². The van der Waals surface area contributed by atoms with Gasteiger partial charge in [0.2, 0.25) is 11.8 Å². The van der Waals surface area contributed by atoms with Crippen LogP contribution in [0.3, 0.4) is 0 Å². The molecule has 0 saturated carbocycles. The van der Waals surface area contributed by atoms with E-state index in [-0.39, 0.29) is 23.7 Å². The topological polar surface area (TPSA) is 121 Å². The van der Waals surface area contributed by atoms with Crippen LogP contribution in [0.2, 0.25) is 0 Å². The van der Waals surface area contributed by atoms with Crippen molar-refractivity contribution < 1.29 is 18.8 Å². The number of nitrogens with zero attached hydrogens (tertiary/aromatic N) is 4. The maximum absolute atomic E-state index is 12.5. The van der Waals surface area contributed by atoms with Crippen molar-refractivity contribution in [1.82, 2.24) is 15.1 Å². The molecule has 176 valence electrons. The molecule has 1 saturated heterocycles. The quantitative estimate of drug-likeness (QED) is 0.578. The molecule has 10 nitrogen and oxygen atoms in total. The monoisotopic (exact) mass is 462 g/mol. The number of aromatic nitrogens is 2. The third kappa shape index (κ3) is 5.40. The SMILES string of the molecule is CC(=O)N1CCN(c2ccc(NC(=O)c3nnc(NC(=O)[C@H](C)c4ccccc4)o3)cc2)CC1. The summed E-state index contributed by atoms with van der Waals surface area (Å²) < 4.78 is 5.32. The number of hydrogen-bond acceptors (Lipinski definition) is 7. The molecule has 2 heterocycles. The van der Waals surface area contributed by atoms with Crippen molar-refractivity contribution in [2.75, 3.05) is 41.7 Å². The second-order valence-electron chi connectivity index (χ2n) is 8.03. The van der Waals surface area contributed by atoms with Gasteiger partial charge in [-0.25, -0.2) is 0 Å². The highest BCUT2D eigenvalue weighted by atomic mass is 16.4. The van der Waals surface area contributed by atoms with Gasteiger partial charge >= 0.3 is 17.8 Å². The lowest BCUT2D eigenvalue weighted by Gasteiger charge is -2.35. The van der Waals surface area contributed by atoms with Crippen molar-refractivity contribution >= 4 is 35.1 Å². The average molecular weight is 463 g/mol. The van der Waals surface area contributed by atoms with Crippen LogP contribution in [0.1, 0.15) is 36.0 Å². The fourth-order valence-electron chi connectivity index (χ4n) is 3.69. The standard InChI is InChI=1S/C24H26N6O4/c1-16(18-6-4-3-5-7-18)21(32)26-24-28-27-23(34-24)22(33)25-19-8-10-20(11-9-19)30-14-12-29(13-15-30)17(2)31/h3-11,16H,12-15H2,1-2H3,(H,25,33)(H,26,28,32)/t16-/m1/s1. The maximum Gasteiger partial charge on any atom is 0.322 e. The van der Waals surface area contributed by atoms with E-state index in [2.05, 4.69) is 25.7 Å².